The van der Waals surface area contributed by atoms with Crippen molar-refractivity contribution in [1.29, 1.82) is 0 Å². The minimum absolute atomic E-state index is 0.0760. The van der Waals surface area contributed by atoms with E-state index < -0.39 is 0 Å². The van der Waals surface area contributed by atoms with Crippen LogP contribution < -0.4 is 10.6 Å². The molecule has 0 aliphatic rings. The maximum Gasteiger partial charge on any atom is 0.251 e. The molecule has 0 saturated heterocycles. The molecule has 0 radical (unpaired) electrons. The van der Waals surface area contributed by atoms with Crippen LogP contribution in [0.1, 0.15) is 36.2 Å². The van der Waals surface area contributed by atoms with E-state index in [0.717, 1.165) is 12.8 Å². The van der Waals surface area contributed by atoms with Gasteiger partial charge >= 0.3 is 0 Å². The van der Waals surface area contributed by atoms with E-state index >= 15 is 0 Å². The zero-order valence-corrected chi connectivity index (χ0v) is 13.5. The fraction of sp³-hybridized carbons (Fsp3) is 0.263. The molecule has 4 heteroatoms. The molecule has 2 rings (SSSR count). The van der Waals surface area contributed by atoms with Crippen LogP contribution in [0.4, 0.5) is 5.69 Å². The number of carbonyl (C=O) groups is 2. The molecule has 0 saturated carbocycles. The number of hydrogen-bond acceptors (Lipinski definition) is 2. The Bertz CT molecular complexity index is 668. The first kappa shape index (κ1) is 16.7. The van der Waals surface area contributed by atoms with Gasteiger partial charge in [0.15, 0.2) is 0 Å². The van der Waals surface area contributed by atoms with E-state index in [1.165, 1.54) is 12.5 Å². The van der Waals surface area contributed by atoms with Crippen LogP contribution in [0.3, 0.4) is 0 Å². The lowest BCUT2D eigenvalue weighted by Crippen LogP contribution is -2.32. The van der Waals surface area contributed by atoms with Gasteiger partial charge < -0.3 is 10.6 Å². The second-order valence-electron chi connectivity index (χ2n) is 5.66. The molecule has 1 unspecified atom stereocenters. The molecule has 120 valence electrons. The summed E-state index contributed by atoms with van der Waals surface area (Å²) in [5.41, 5.74) is 2.44. The SMILES string of the molecule is CC(=O)Nc1cccc(C(=O)NC(C)CCc2ccccc2)c1. The van der Waals surface area contributed by atoms with Gasteiger partial charge in [-0.1, -0.05) is 36.4 Å². The number of amides is 2. The number of hydrogen-bond donors (Lipinski definition) is 2. The molecule has 2 aromatic rings. The van der Waals surface area contributed by atoms with Gasteiger partial charge in [-0.3, -0.25) is 9.59 Å². The second-order valence-corrected chi connectivity index (χ2v) is 5.66. The number of anilines is 1. The molecule has 2 N–H and O–H groups in total. The van der Waals surface area contributed by atoms with E-state index in [-0.39, 0.29) is 17.9 Å². The Labute approximate surface area is 136 Å². The maximum atomic E-state index is 12.3. The van der Waals surface area contributed by atoms with Crippen LogP contribution in [0.15, 0.2) is 54.6 Å². The molecule has 0 aromatic heterocycles. The fourth-order valence-corrected chi connectivity index (χ4v) is 2.35. The largest absolute Gasteiger partial charge is 0.350 e. The van der Waals surface area contributed by atoms with Crippen molar-refractivity contribution in [2.24, 2.45) is 0 Å². The molecule has 0 aliphatic carbocycles. The molecule has 23 heavy (non-hydrogen) atoms. The fourth-order valence-electron chi connectivity index (χ4n) is 2.35. The van der Waals surface area contributed by atoms with Gasteiger partial charge in [-0.25, -0.2) is 0 Å². The molecule has 4 nitrogen and oxygen atoms in total. The Morgan fingerprint density at radius 1 is 1.04 bits per heavy atom. The monoisotopic (exact) mass is 310 g/mol. The first-order chi connectivity index (χ1) is 11.0. The summed E-state index contributed by atoms with van der Waals surface area (Å²) >= 11 is 0. The standard InChI is InChI=1S/C19H22N2O2/c1-14(11-12-16-7-4-3-5-8-16)20-19(23)17-9-6-10-18(13-17)21-15(2)22/h3-10,13-14H,11-12H2,1-2H3,(H,20,23)(H,21,22). The van der Waals surface area contributed by atoms with Gasteiger partial charge in [0.1, 0.15) is 0 Å². The van der Waals surface area contributed by atoms with Crippen molar-refractivity contribution in [2.45, 2.75) is 32.7 Å². The van der Waals surface area contributed by atoms with Crippen LogP contribution in [0.25, 0.3) is 0 Å². The highest BCUT2D eigenvalue weighted by Crippen LogP contribution is 2.11. The smallest absolute Gasteiger partial charge is 0.251 e. The van der Waals surface area contributed by atoms with Crippen LogP contribution in [-0.4, -0.2) is 17.9 Å². The van der Waals surface area contributed by atoms with Crippen molar-refractivity contribution in [3.05, 3.63) is 65.7 Å². The summed E-state index contributed by atoms with van der Waals surface area (Å²) in [6, 6.07) is 17.2. The summed E-state index contributed by atoms with van der Waals surface area (Å²) in [5, 5.41) is 5.68. The predicted octanol–water partition coefficient (Wildman–Crippen LogP) is 3.40. The topological polar surface area (TPSA) is 58.2 Å². The zero-order valence-electron chi connectivity index (χ0n) is 13.5. The van der Waals surface area contributed by atoms with Crippen molar-refractivity contribution in [3.8, 4) is 0 Å². The second kappa shape index (κ2) is 8.13. The molecular weight excluding hydrogens is 288 g/mol. The first-order valence-corrected chi connectivity index (χ1v) is 7.77. The third-order valence-corrected chi connectivity index (χ3v) is 3.53. The van der Waals surface area contributed by atoms with Gasteiger partial charge in [0.25, 0.3) is 5.91 Å². The summed E-state index contributed by atoms with van der Waals surface area (Å²) < 4.78 is 0. The summed E-state index contributed by atoms with van der Waals surface area (Å²) in [5.74, 6) is -0.281. The number of benzene rings is 2. The Morgan fingerprint density at radius 2 is 1.78 bits per heavy atom. The Hall–Kier alpha value is -2.62. The number of aryl methyl sites for hydroxylation is 1. The average molecular weight is 310 g/mol. The van der Waals surface area contributed by atoms with Gasteiger partial charge in [-0.15, -0.1) is 0 Å². The summed E-state index contributed by atoms with van der Waals surface area (Å²) in [6.45, 7) is 3.44. The van der Waals surface area contributed by atoms with Crippen LogP contribution in [0.5, 0.6) is 0 Å². The van der Waals surface area contributed by atoms with Crippen molar-refractivity contribution in [2.75, 3.05) is 5.32 Å². The van der Waals surface area contributed by atoms with Crippen LogP contribution >= 0.6 is 0 Å². The molecular formula is C19H22N2O2. The highest BCUT2D eigenvalue weighted by atomic mass is 16.2. The first-order valence-electron chi connectivity index (χ1n) is 7.77. The van der Waals surface area contributed by atoms with Crippen LogP contribution in [-0.2, 0) is 11.2 Å². The number of nitrogens with one attached hydrogen (secondary N) is 2. The van der Waals surface area contributed by atoms with Gasteiger partial charge in [-0.2, -0.15) is 0 Å². The maximum absolute atomic E-state index is 12.3. The lowest BCUT2D eigenvalue weighted by molar-refractivity contribution is -0.114. The number of rotatable bonds is 6. The van der Waals surface area contributed by atoms with E-state index in [2.05, 4.69) is 22.8 Å². The minimum atomic E-state index is -0.154. The van der Waals surface area contributed by atoms with Gasteiger partial charge in [0, 0.05) is 24.2 Å². The molecule has 1 atom stereocenters. The average Bonchev–Trinajstić information content (AvgIpc) is 2.53. The minimum Gasteiger partial charge on any atom is -0.350 e. The van der Waals surface area contributed by atoms with E-state index in [1.807, 2.05) is 25.1 Å². The van der Waals surface area contributed by atoms with Gasteiger partial charge in [-0.05, 0) is 43.5 Å². The molecule has 0 fully saturated rings. The molecule has 2 amide bonds. The Kier molecular flexibility index (Phi) is 5.92. The highest BCUT2D eigenvalue weighted by molar-refractivity contribution is 5.96. The summed E-state index contributed by atoms with van der Waals surface area (Å²) in [7, 11) is 0. The third-order valence-electron chi connectivity index (χ3n) is 3.53. The zero-order chi connectivity index (χ0) is 16.7. The van der Waals surface area contributed by atoms with Crippen LogP contribution in [0, 0.1) is 0 Å². The van der Waals surface area contributed by atoms with Crippen molar-refractivity contribution in [3.63, 3.8) is 0 Å². The summed E-state index contributed by atoms with van der Waals surface area (Å²) in [6.07, 6.45) is 1.80. The Balaban J connectivity index is 1.89. The van der Waals surface area contributed by atoms with E-state index in [0.29, 0.717) is 11.3 Å². The lowest BCUT2D eigenvalue weighted by atomic mass is 10.1. The van der Waals surface area contributed by atoms with Gasteiger partial charge in [0.05, 0.1) is 0 Å². The molecule has 0 heterocycles. The molecule has 0 aliphatic heterocycles. The van der Waals surface area contributed by atoms with Crippen molar-refractivity contribution in [1.82, 2.24) is 5.32 Å². The molecule has 2 aromatic carbocycles. The van der Waals surface area contributed by atoms with E-state index in [9.17, 15) is 9.59 Å². The van der Waals surface area contributed by atoms with Crippen molar-refractivity contribution >= 4 is 17.5 Å². The van der Waals surface area contributed by atoms with Crippen LogP contribution in [0.2, 0.25) is 0 Å². The lowest BCUT2D eigenvalue weighted by Gasteiger charge is -2.14. The van der Waals surface area contributed by atoms with E-state index in [4.69, 9.17) is 0 Å². The summed E-state index contributed by atoms with van der Waals surface area (Å²) in [4.78, 5) is 23.4. The van der Waals surface area contributed by atoms with Crippen molar-refractivity contribution < 1.29 is 9.59 Å². The predicted molar refractivity (Wildman–Crippen MR) is 92.4 cm³/mol. The normalized spacial score (nSPS) is 11.6. The Morgan fingerprint density at radius 3 is 2.48 bits per heavy atom. The number of carbonyl (C=O) groups excluding carboxylic acids is 2. The van der Waals surface area contributed by atoms with E-state index in [1.54, 1.807) is 24.3 Å². The quantitative estimate of drug-likeness (QED) is 0.859. The third kappa shape index (κ3) is 5.58. The highest BCUT2D eigenvalue weighted by Gasteiger charge is 2.10. The van der Waals surface area contributed by atoms with Gasteiger partial charge in [0.2, 0.25) is 5.91 Å². The molecule has 0 bridgehead atoms. The molecule has 0 spiro atoms.